The summed E-state index contributed by atoms with van der Waals surface area (Å²) in [6, 6.07) is 17.6. The van der Waals surface area contributed by atoms with Crippen molar-refractivity contribution in [3.05, 3.63) is 80.8 Å². The van der Waals surface area contributed by atoms with E-state index in [1.165, 1.54) is 0 Å². The molecule has 0 aliphatic carbocycles. The van der Waals surface area contributed by atoms with E-state index in [0.29, 0.717) is 5.02 Å². The highest BCUT2D eigenvalue weighted by Crippen LogP contribution is 2.34. The van der Waals surface area contributed by atoms with Crippen molar-refractivity contribution in [1.29, 1.82) is 0 Å². The number of benzene rings is 3. The largest absolute Gasteiger partial charge is 0.384 e. The molecule has 1 nitrogen and oxygen atoms in total. The Morgan fingerprint density at radius 1 is 0.952 bits per heavy atom. The van der Waals surface area contributed by atoms with Crippen LogP contribution in [0.3, 0.4) is 0 Å². The molecule has 0 heterocycles. The van der Waals surface area contributed by atoms with E-state index in [-0.39, 0.29) is 0 Å². The van der Waals surface area contributed by atoms with Gasteiger partial charge >= 0.3 is 0 Å². The molecule has 0 amide bonds. The maximum Gasteiger partial charge on any atom is 0.105 e. The molecule has 0 aliphatic heterocycles. The summed E-state index contributed by atoms with van der Waals surface area (Å²) < 4.78 is 0.959. The van der Waals surface area contributed by atoms with Crippen LogP contribution in [0.1, 0.15) is 22.8 Å². The lowest BCUT2D eigenvalue weighted by Gasteiger charge is -2.17. The third-order valence-corrected chi connectivity index (χ3v) is 4.56. The maximum atomic E-state index is 10.8. The van der Waals surface area contributed by atoms with Crippen LogP contribution in [-0.4, -0.2) is 5.11 Å². The predicted octanol–water partition coefficient (Wildman–Crippen LogP) is 5.65. The Balaban J connectivity index is 2.20. The molecular formula is C18H14BrClO. The first kappa shape index (κ1) is 14.6. The fourth-order valence-corrected chi connectivity index (χ4v) is 3.20. The van der Waals surface area contributed by atoms with Gasteiger partial charge in [0.05, 0.1) is 0 Å². The molecule has 3 heteroatoms. The molecule has 1 N–H and O–H groups in total. The summed E-state index contributed by atoms with van der Waals surface area (Å²) in [6.45, 7) is 2.00. The second-order valence-electron chi connectivity index (χ2n) is 5.09. The van der Waals surface area contributed by atoms with Crippen LogP contribution in [-0.2, 0) is 0 Å². The van der Waals surface area contributed by atoms with Gasteiger partial charge in [-0.3, -0.25) is 0 Å². The van der Waals surface area contributed by atoms with Crippen LogP contribution in [0, 0.1) is 6.92 Å². The zero-order chi connectivity index (χ0) is 15.0. The molecule has 106 valence electrons. The van der Waals surface area contributed by atoms with Gasteiger partial charge in [-0.2, -0.15) is 0 Å². The number of aryl methyl sites for hydroxylation is 1. The number of hydrogen-bond donors (Lipinski definition) is 1. The molecule has 0 aromatic heterocycles. The van der Waals surface area contributed by atoms with E-state index in [4.69, 9.17) is 11.6 Å². The Morgan fingerprint density at radius 3 is 2.43 bits per heavy atom. The molecule has 0 saturated heterocycles. The molecule has 3 aromatic rings. The lowest BCUT2D eigenvalue weighted by molar-refractivity contribution is 0.221. The monoisotopic (exact) mass is 360 g/mol. The molecular weight excluding hydrogens is 348 g/mol. The average molecular weight is 362 g/mol. The number of aliphatic hydroxyl groups is 1. The molecule has 0 saturated carbocycles. The normalized spacial score (nSPS) is 12.6. The van der Waals surface area contributed by atoms with Crippen molar-refractivity contribution in [2.45, 2.75) is 13.0 Å². The molecule has 0 fully saturated rings. The molecule has 3 aromatic carbocycles. The highest BCUT2D eigenvalue weighted by Gasteiger charge is 2.16. The van der Waals surface area contributed by atoms with Gasteiger partial charge in [-0.05, 0) is 47.2 Å². The lowest BCUT2D eigenvalue weighted by Crippen LogP contribution is -2.03. The first-order valence-corrected chi connectivity index (χ1v) is 7.86. The summed E-state index contributed by atoms with van der Waals surface area (Å²) in [5.74, 6) is 0. The summed E-state index contributed by atoms with van der Waals surface area (Å²) >= 11 is 9.71. The maximum absolute atomic E-state index is 10.8. The number of hydrogen-bond acceptors (Lipinski definition) is 1. The van der Waals surface area contributed by atoms with Gasteiger partial charge in [0.25, 0.3) is 0 Å². The Morgan fingerprint density at radius 2 is 1.67 bits per heavy atom. The van der Waals surface area contributed by atoms with E-state index in [9.17, 15) is 5.11 Å². The molecule has 0 aliphatic rings. The highest BCUT2D eigenvalue weighted by atomic mass is 79.9. The van der Waals surface area contributed by atoms with E-state index in [1.807, 2.05) is 61.5 Å². The summed E-state index contributed by atoms with van der Waals surface area (Å²) in [5, 5.41) is 13.5. The van der Waals surface area contributed by atoms with Gasteiger partial charge in [-0.15, -0.1) is 0 Å². The summed E-state index contributed by atoms with van der Waals surface area (Å²) in [4.78, 5) is 0. The zero-order valence-corrected chi connectivity index (χ0v) is 13.8. The Bertz CT molecular complexity index is 813. The smallest absolute Gasteiger partial charge is 0.105 e. The van der Waals surface area contributed by atoms with Gasteiger partial charge < -0.3 is 5.11 Å². The Hall–Kier alpha value is -1.35. The molecule has 0 spiro atoms. The minimum absolute atomic E-state index is 0.676. The van der Waals surface area contributed by atoms with Crippen molar-refractivity contribution in [2.24, 2.45) is 0 Å². The molecule has 0 bridgehead atoms. The lowest BCUT2D eigenvalue weighted by atomic mass is 9.93. The van der Waals surface area contributed by atoms with Crippen molar-refractivity contribution in [1.82, 2.24) is 0 Å². The number of rotatable bonds is 2. The van der Waals surface area contributed by atoms with E-state index in [1.54, 1.807) is 0 Å². The van der Waals surface area contributed by atoms with Crippen molar-refractivity contribution >= 4 is 38.3 Å². The third kappa shape index (κ3) is 2.71. The quantitative estimate of drug-likeness (QED) is 0.625. The van der Waals surface area contributed by atoms with Crippen LogP contribution < -0.4 is 0 Å². The van der Waals surface area contributed by atoms with E-state index >= 15 is 0 Å². The standard InChI is InChI=1S/C18H14BrClO/c1-11-6-7-12(19)10-16(11)18(21)15-8-9-17(20)14-5-3-2-4-13(14)15/h2-10,18,21H,1H3. The van der Waals surface area contributed by atoms with Crippen LogP contribution in [0.4, 0.5) is 0 Å². The average Bonchev–Trinajstić information content (AvgIpc) is 2.50. The Labute approximate surface area is 137 Å². The van der Waals surface area contributed by atoms with Gasteiger partial charge in [-0.1, -0.05) is 63.9 Å². The summed E-state index contributed by atoms with van der Waals surface area (Å²) in [6.07, 6.45) is -0.676. The number of halogens is 2. The van der Waals surface area contributed by atoms with Crippen molar-refractivity contribution < 1.29 is 5.11 Å². The fourth-order valence-electron chi connectivity index (χ4n) is 2.60. The van der Waals surface area contributed by atoms with Crippen LogP contribution >= 0.6 is 27.5 Å². The van der Waals surface area contributed by atoms with Gasteiger partial charge in [0.1, 0.15) is 6.10 Å². The summed E-state index contributed by atoms with van der Waals surface area (Å²) in [7, 11) is 0. The minimum atomic E-state index is -0.676. The first-order chi connectivity index (χ1) is 10.1. The van der Waals surface area contributed by atoms with Gasteiger partial charge in [0, 0.05) is 14.9 Å². The van der Waals surface area contributed by atoms with Crippen LogP contribution in [0.2, 0.25) is 5.02 Å². The predicted molar refractivity (Wildman–Crippen MR) is 91.9 cm³/mol. The first-order valence-electron chi connectivity index (χ1n) is 6.69. The minimum Gasteiger partial charge on any atom is -0.384 e. The molecule has 0 radical (unpaired) electrons. The van der Waals surface area contributed by atoms with E-state index in [0.717, 1.165) is 31.9 Å². The second kappa shape index (κ2) is 5.80. The SMILES string of the molecule is Cc1ccc(Br)cc1C(O)c1ccc(Cl)c2ccccc12. The highest BCUT2D eigenvalue weighted by molar-refractivity contribution is 9.10. The fraction of sp³-hybridized carbons (Fsp3) is 0.111. The third-order valence-electron chi connectivity index (χ3n) is 3.74. The van der Waals surface area contributed by atoms with Gasteiger partial charge in [-0.25, -0.2) is 0 Å². The van der Waals surface area contributed by atoms with Crippen LogP contribution in [0.25, 0.3) is 10.8 Å². The van der Waals surface area contributed by atoms with Crippen LogP contribution in [0.5, 0.6) is 0 Å². The van der Waals surface area contributed by atoms with Crippen LogP contribution in [0.15, 0.2) is 59.1 Å². The second-order valence-corrected chi connectivity index (χ2v) is 6.41. The van der Waals surface area contributed by atoms with Crippen molar-refractivity contribution in [3.8, 4) is 0 Å². The Kier molecular flexibility index (Phi) is 4.03. The van der Waals surface area contributed by atoms with Crippen molar-refractivity contribution in [3.63, 3.8) is 0 Å². The molecule has 3 rings (SSSR count). The summed E-state index contributed by atoms with van der Waals surface area (Å²) in [5.41, 5.74) is 2.83. The number of aliphatic hydroxyl groups excluding tert-OH is 1. The van der Waals surface area contributed by atoms with E-state index in [2.05, 4.69) is 15.9 Å². The zero-order valence-electron chi connectivity index (χ0n) is 11.5. The topological polar surface area (TPSA) is 20.2 Å². The molecule has 1 unspecified atom stereocenters. The molecule has 1 atom stereocenters. The van der Waals surface area contributed by atoms with Gasteiger partial charge in [0.2, 0.25) is 0 Å². The van der Waals surface area contributed by atoms with Crippen molar-refractivity contribution in [2.75, 3.05) is 0 Å². The van der Waals surface area contributed by atoms with E-state index < -0.39 is 6.10 Å². The molecule has 21 heavy (non-hydrogen) atoms. The van der Waals surface area contributed by atoms with Gasteiger partial charge in [0.15, 0.2) is 0 Å². The number of fused-ring (bicyclic) bond motifs is 1.